The van der Waals surface area contributed by atoms with Gasteiger partial charge in [0.1, 0.15) is 11.9 Å². The lowest BCUT2D eigenvalue weighted by Crippen LogP contribution is -2.38. The number of ether oxygens (including phenoxy) is 1. The van der Waals surface area contributed by atoms with E-state index < -0.39 is 27.1 Å². The minimum Gasteiger partial charge on any atom is -0.467 e. The first kappa shape index (κ1) is 24.3. The molecule has 34 heavy (non-hydrogen) atoms. The fraction of sp³-hybridized carbons (Fsp3) is 0.360. The summed E-state index contributed by atoms with van der Waals surface area (Å²) in [5, 5.41) is 3.99. The molecular formula is C25H28ClN3O4S. The first-order valence-corrected chi connectivity index (χ1v) is 13.1. The predicted octanol–water partition coefficient (Wildman–Crippen LogP) is 4.07. The predicted molar refractivity (Wildman–Crippen MR) is 132 cm³/mol. The summed E-state index contributed by atoms with van der Waals surface area (Å²) in [7, 11) is -2.44. The summed E-state index contributed by atoms with van der Waals surface area (Å²) in [6, 6.07) is 17.8. The molecule has 0 unspecified atom stereocenters. The molecule has 2 atom stereocenters. The molecule has 1 saturated heterocycles. The van der Waals surface area contributed by atoms with Gasteiger partial charge in [-0.05, 0) is 43.9 Å². The second-order valence-electron chi connectivity index (χ2n) is 8.48. The summed E-state index contributed by atoms with van der Waals surface area (Å²) < 4.78 is 33.7. The Morgan fingerprint density at radius 3 is 2.56 bits per heavy atom. The maximum atomic E-state index is 13.4. The number of esters is 1. The molecule has 1 aromatic heterocycles. The van der Waals surface area contributed by atoms with Gasteiger partial charge in [-0.1, -0.05) is 54.1 Å². The largest absolute Gasteiger partial charge is 0.467 e. The van der Waals surface area contributed by atoms with Crippen molar-refractivity contribution in [2.45, 2.75) is 48.9 Å². The van der Waals surface area contributed by atoms with Gasteiger partial charge in [-0.3, -0.25) is 0 Å². The molecule has 1 aliphatic heterocycles. The SMILES string of the molecule is COC(=O)[C@@H]1C[C@@H](S(=O)(=O)c2ccccc2Cl)CN1c1cc(C)nn1CCCc1ccccc1. The Balaban J connectivity index is 1.60. The van der Waals surface area contributed by atoms with E-state index in [-0.39, 0.29) is 22.9 Å². The zero-order chi connectivity index (χ0) is 24.3. The van der Waals surface area contributed by atoms with Gasteiger partial charge in [0.2, 0.25) is 0 Å². The second-order valence-corrected chi connectivity index (χ2v) is 11.1. The number of halogens is 1. The number of sulfone groups is 1. The minimum absolute atomic E-state index is 0.0830. The zero-order valence-corrected chi connectivity index (χ0v) is 20.8. The third-order valence-corrected chi connectivity index (χ3v) is 8.80. The van der Waals surface area contributed by atoms with Crippen LogP contribution in [-0.4, -0.2) is 49.1 Å². The number of aryl methyl sites for hydroxylation is 3. The molecule has 0 radical (unpaired) electrons. The Labute approximate surface area is 205 Å². The van der Waals surface area contributed by atoms with Crippen molar-refractivity contribution in [2.24, 2.45) is 0 Å². The van der Waals surface area contributed by atoms with Crippen LogP contribution in [0.5, 0.6) is 0 Å². The Morgan fingerprint density at radius 2 is 1.85 bits per heavy atom. The van der Waals surface area contributed by atoms with E-state index in [0.29, 0.717) is 6.54 Å². The van der Waals surface area contributed by atoms with Gasteiger partial charge in [-0.15, -0.1) is 0 Å². The average Bonchev–Trinajstić information content (AvgIpc) is 3.43. The molecule has 4 rings (SSSR count). The van der Waals surface area contributed by atoms with Crippen molar-refractivity contribution in [1.82, 2.24) is 9.78 Å². The quantitative estimate of drug-likeness (QED) is 0.433. The number of hydrogen-bond donors (Lipinski definition) is 0. The molecule has 7 nitrogen and oxygen atoms in total. The van der Waals surface area contributed by atoms with Gasteiger partial charge < -0.3 is 9.64 Å². The first-order chi connectivity index (χ1) is 16.3. The van der Waals surface area contributed by atoms with Crippen LogP contribution in [0.3, 0.4) is 0 Å². The number of carbonyl (C=O) groups is 1. The van der Waals surface area contributed by atoms with E-state index in [1.165, 1.54) is 18.7 Å². The molecule has 2 aromatic carbocycles. The Kier molecular flexibility index (Phi) is 7.28. The lowest BCUT2D eigenvalue weighted by Gasteiger charge is -2.25. The van der Waals surface area contributed by atoms with Crippen molar-refractivity contribution >= 4 is 33.2 Å². The molecule has 1 fully saturated rings. The highest BCUT2D eigenvalue weighted by molar-refractivity contribution is 7.92. The molecule has 9 heteroatoms. The van der Waals surface area contributed by atoms with Crippen molar-refractivity contribution in [3.05, 3.63) is 76.9 Å². The molecule has 0 N–H and O–H groups in total. The number of nitrogens with zero attached hydrogens (tertiary/aromatic N) is 3. The number of benzene rings is 2. The monoisotopic (exact) mass is 501 g/mol. The Morgan fingerprint density at radius 1 is 1.15 bits per heavy atom. The normalized spacial score (nSPS) is 18.3. The van der Waals surface area contributed by atoms with Crippen molar-refractivity contribution < 1.29 is 17.9 Å². The molecule has 1 aliphatic rings. The third kappa shape index (κ3) is 4.98. The van der Waals surface area contributed by atoms with Crippen LogP contribution < -0.4 is 4.90 Å². The number of carbonyl (C=O) groups excluding carboxylic acids is 1. The van der Waals surface area contributed by atoms with Crippen LogP contribution in [0.15, 0.2) is 65.6 Å². The molecule has 0 aliphatic carbocycles. The average molecular weight is 502 g/mol. The van der Waals surface area contributed by atoms with E-state index in [4.69, 9.17) is 16.3 Å². The lowest BCUT2D eigenvalue weighted by molar-refractivity contribution is -0.141. The summed E-state index contributed by atoms with van der Waals surface area (Å²) in [6.45, 7) is 2.68. The smallest absolute Gasteiger partial charge is 0.328 e. The number of rotatable bonds is 8. The van der Waals surface area contributed by atoms with Gasteiger partial charge >= 0.3 is 5.97 Å². The van der Waals surface area contributed by atoms with Crippen LogP contribution in [0.1, 0.15) is 24.1 Å². The summed E-state index contributed by atoms with van der Waals surface area (Å²) in [6.07, 6.45) is 1.87. The van der Waals surface area contributed by atoms with Gasteiger partial charge in [0.25, 0.3) is 0 Å². The van der Waals surface area contributed by atoms with Crippen LogP contribution in [0.4, 0.5) is 5.82 Å². The fourth-order valence-electron chi connectivity index (χ4n) is 4.50. The molecule has 180 valence electrons. The van der Waals surface area contributed by atoms with Gasteiger partial charge in [0.15, 0.2) is 9.84 Å². The van der Waals surface area contributed by atoms with Crippen molar-refractivity contribution in [1.29, 1.82) is 0 Å². The fourth-order valence-corrected chi connectivity index (χ4v) is 6.71. The summed E-state index contributed by atoms with van der Waals surface area (Å²) in [5.74, 6) is 0.254. The summed E-state index contributed by atoms with van der Waals surface area (Å²) >= 11 is 6.20. The van der Waals surface area contributed by atoms with Gasteiger partial charge in [0, 0.05) is 19.2 Å². The standard InChI is InChI=1S/C25H28ClN3O4S/c1-18-15-24(29(27-18)14-8-11-19-9-4-3-5-10-19)28-17-20(16-22(28)25(30)33-2)34(31,32)23-13-7-6-12-21(23)26/h3-7,9-10,12-13,15,20,22H,8,11,14,16-17H2,1-2H3/t20-,22+/m1/s1. The number of anilines is 1. The highest BCUT2D eigenvalue weighted by Crippen LogP contribution is 2.35. The summed E-state index contributed by atoms with van der Waals surface area (Å²) in [5.41, 5.74) is 2.04. The third-order valence-electron chi connectivity index (χ3n) is 6.17. The first-order valence-electron chi connectivity index (χ1n) is 11.2. The molecule has 0 amide bonds. The van der Waals surface area contributed by atoms with E-state index in [9.17, 15) is 13.2 Å². The topological polar surface area (TPSA) is 81.5 Å². The lowest BCUT2D eigenvalue weighted by atomic mass is 10.1. The number of aromatic nitrogens is 2. The second kappa shape index (κ2) is 10.2. The van der Waals surface area contributed by atoms with E-state index in [1.54, 1.807) is 18.2 Å². The van der Waals surface area contributed by atoms with Gasteiger partial charge in [0.05, 0.1) is 28.0 Å². The molecule has 0 spiro atoms. The molecule has 0 bridgehead atoms. The number of methoxy groups -OCH3 is 1. The van der Waals surface area contributed by atoms with Crippen LogP contribution >= 0.6 is 11.6 Å². The van der Waals surface area contributed by atoms with E-state index in [0.717, 1.165) is 24.4 Å². The molecule has 0 saturated carbocycles. The minimum atomic E-state index is -3.76. The van der Waals surface area contributed by atoms with Crippen LogP contribution in [0.2, 0.25) is 5.02 Å². The van der Waals surface area contributed by atoms with E-state index in [1.807, 2.05) is 40.8 Å². The highest BCUT2D eigenvalue weighted by Gasteiger charge is 2.45. The van der Waals surface area contributed by atoms with E-state index in [2.05, 4.69) is 17.2 Å². The Hall–Kier alpha value is -2.84. The van der Waals surface area contributed by atoms with Crippen molar-refractivity contribution in [3.63, 3.8) is 0 Å². The summed E-state index contributed by atoms with van der Waals surface area (Å²) in [4.78, 5) is 14.6. The number of hydrogen-bond acceptors (Lipinski definition) is 6. The zero-order valence-electron chi connectivity index (χ0n) is 19.2. The molecular weight excluding hydrogens is 474 g/mol. The molecule has 2 heterocycles. The highest BCUT2D eigenvalue weighted by atomic mass is 35.5. The van der Waals surface area contributed by atoms with Crippen molar-refractivity contribution in [3.8, 4) is 0 Å². The maximum Gasteiger partial charge on any atom is 0.328 e. The maximum absolute atomic E-state index is 13.4. The van der Waals surface area contributed by atoms with Crippen LogP contribution in [0.25, 0.3) is 0 Å². The van der Waals surface area contributed by atoms with E-state index >= 15 is 0 Å². The molecule has 3 aromatic rings. The van der Waals surface area contributed by atoms with Crippen LogP contribution in [-0.2, 0) is 32.3 Å². The van der Waals surface area contributed by atoms with Crippen LogP contribution in [0, 0.1) is 6.92 Å². The van der Waals surface area contributed by atoms with Crippen molar-refractivity contribution in [2.75, 3.05) is 18.6 Å². The Bertz CT molecular complexity index is 1260. The van der Waals surface area contributed by atoms with Gasteiger partial charge in [-0.25, -0.2) is 17.9 Å². The van der Waals surface area contributed by atoms with Gasteiger partial charge in [-0.2, -0.15) is 5.10 Å².